The highest BCUT2D eigenvalue weighted by Crippen LogP contribution is 2.08. The lowest BCUT2D eigenvalue weighted by molar-refractivity contribution is -0.118. The molecule has 0 aliphatic carbocycles. The van der Waals surface area contributed by atoms with E-state index in [-0.39, 0.29) is 17.4 Å². The summed E-state index contributed by atoms with van der Waals surface area (Å²) in [5.74, 6) is 0.517. The number of carbonyl (C=O) groups is 1. The number of hydrogen-bond donors (Lipinski definition) is 1. The van der Waals surface area contributed by atoms with Crippen LogP contribution in [0.15, 0.2) is 28.1 Å². The highest BCUT2D eigenvalue weighted by molar-refractivity contribution is 7.84. The first-order chi connectivity index (χ1) is 9.13. The van der Waals surface area contributed by atoms with Gasteiger partial charge in [0.15, 0.2) is 0 Å². The summed E-state index contributed by atoms with van der Waals surface area (Å²) in [5, 5.41) is 8.40. The van der Waals surface area contributed by atoms with Crippen molar-refractivity contribution in [3.8, 4) is 0 Å². The van der Waals surface area contributed by atoms with Crippen LogP contribution in [0.1, 0.15) is 16.3 Å². The van der Waals surface area contributed by atoms with E-state index in [2.05, 4.69) is 10.5 Å². The molecule has 1 unspecified atom stereocenters. The molecule has 0 fully saturated rings. The molecule has 2 aromatic heterocycles. The van der Waals surface area contributed by atoms with Gasteiger partial charge >= 0.3 is 0 Å². The molecular formula is C12H14N2O3S2. The van der Waals surface area contributed by atoms with Gasteiger partial charge in [0, 0.05) is 21.7 Å². The van der Waals surface area contributed by atoms with Crippen LogP contribution in [0.5, 0.6) is 0 Å². The molecular weight excluding hydrogens is 284 g/mol. The van der Waals surface area contributed by atoms with Gasteiger partial charge < -0.3 is 9.84 Å². The number of aromatic nitrogens is 1. The van der Waals surface area contributed by atoms with E-state index >= 15 is 0 Å². The van der Waals surface area contributed by atoms with Gasteiger partial charge in [-0.25, -0.2) is 0 Å². The second kappa shape index (κ2) is 6.63. The summed E-state index contributed by atoms with van der Waals surface area (Å²) in [6.45, 7) is 2.28. The van der Waals surface area contributed by atoms with Gasteiger partial charge in [0.1, 0.15) is 11.5 Å². The molecule has 0 spiro atoms. The number of amides is 1. The first kappa shape index (κ1) is 14.0. The van der Waals surface area contributed by atoms with Gasteiger partial charge in [-0.2, -0.15) is 0 Å². The van der Waals surface area contributed by atoms with Crippen molar-refractivity contribution in [2.45, 2.75) is 19.2 Å². The molecule has 7 heteroatoms. The average molecular weight is 298 g/mol. The van der Waals surface area contributed by atoms with Crippen LogP contribution in [0.4, 0.5) is 0 Å². The summed E-state index contributed by atoms with van der Waals surface area (Å²) in [6.07, 6.45) is 0. The molecule has 5 nitrogen and oxygen atoms in total. The van der Waals surface area contributed by atoms with Crippen molar-refractivity contribution >= 4 is 28.0 Å². The standard InChI is InChI=1S/C12H14N2O3S2/c1-9-5-10(17-14-9)7-19(16)8-12(15)13-6-11-3-2-4-18-11/h2-5H,6-8H2,1H3,(H,13,15). The number of aryl methyl sites for hydroxylation is 1. The van der Waals surface area contributed by atoms with Gasteiger partial charge in [-0.15, -0.1) is 11.3 Å². The molecule has 1 atom stereocenters. The Bertz CT molecular complexity index is 563. The lowest BCUT2D eigenvalue weighted by Gasteiger charge is -2.02. The summed E-state index contributed by atoms with van der Waals surface area (Å²) in [7, 11) is -1.28. The summed E-state index contributed by atoms with van der Waals surface area (Å²) >= 11 is 1.58. The predicted octanol–water partition coefficient (Wildman–Crippen LogP) is 1.61. The van der Waals surface area contributed by atoms with E-state index in [1.165, 1.54) is 0 Å². The maximum absolute atomic E-state index is 11.8. The van der Waals surface area contributed by atoms with Crippen molar-refractivity contribution in [2.75, 3.05) is 5.75 Å². The van der Waals surface area contributed by atoms with Crippen molar-refractivity contribution in [2.24, 2.45) is 0 Å². The topological polar surface area (TPSA) is 72.2 Å². The Morgan fingerprint density at radius 3 is 3.05 bits per heavy atom. The largest absolute Gasteiger partial charge is 0.360 e. The Morgan fingerprint density at radius 2 is 2.42 bits per heavy atom. The van der Waals surface area contributed by atoms with E-state index in [9.17, 15) is 9.00 Å². The van der Waals surface area contributed by atoms with Crippen molar-refractivity contribution in [3.05, 3.63) is 39.9 Å². The fourth-order valence-corrected chi connectivity index (χ4v) is 3.08. The smallest absolute Gasteiger partial charge is 0.232 e. The SMILES string of the molecule is Cc1cc(CS(=O)CC(=O)NCc2cccs2)on1. The fourth-order valence-electron chi connectivity index (χ4n) is 1.49. The molecule has 1 N–H and O–H groups in total. The van der Waals surface area contributed by atoms with Gasteiger partial charge in [0.25, 0.3) is 0 Å². The molecule has 1 amide bonds. The minimum Gasteiger partial charge on any atom is -0.360 e. The third kappa shape index (κ3) is 4.60. The summed E-state index contributed by atoms with van der Waals surface area (Å²) < 4.78 is 16.7. The molecule has 0 saturated carbocycles. The van der Waals surface area contributed by atoms with Gasteiger partial charge in [0.2, 0.25) is 5.91 Å². The lowest BCUT2D eigenvalue weighted by Crippen LogP contribution is -2.27. The number of nitrogens with one attached hydrogen (secondary N) is 1. The number of thiophene rings is 1. The van der Waals surface area contributed by atoms with Gasteiger partial charge in [0.05, 0.1) is 18.0 Å². The van der Waals surface area contributed by atoms with E-state index in [0.29, 0.717) is 12.3 Å². The normalized spacial score (nSPS) is 12.3. The van der Waals surface area contributed by atoms with Crippen LogP contribution >= 0.6 is 11.3 Å². The average Bonchev–Trinajstić information content (AvgIpc) is 2.98. The quantitative estimate of drug-likeness (QED) is 0.879. The first-order valence-corrected chi connectivity index (χ1v) is 8.06. The molecule has 2 rings (SSSR count). The van der Waals surface area contributed by atoms with E-state index in [0.717, 1.165) is 10.6 Å². The van der Waals surface area contributed by atoms with Crippen LogP contribution < -0.4 is 5.32 Å². The van der Waals surface area contributed by atoms with Crippen molar-refractivity contribution in [3.63, 3.8) is 0 Å². The van der Waals surface area contributed by atoms with Crippen LogP contribution in [0.3, 0.4) is 0 Å². The monoisotopic (exact) mass is 298 g/mol. The lowest BCUT2D eigenvalue weighted by atomic mass is 10.4. The van der Waals surface area contributed by atoms with Crippen LogP contribution in [0.25, 0.3) is 0 Å². The van der Waals surface area contributed by atoms with Crippen molar-refractivity contribution in [1.82, 2.24) is 10.5 Å². The summed E-state index contributed by atoms with van der Waals surface area (Å²) in [5.41, 5.74) is 0.745. The molecule has 2 heterocycles. The third-order valence-electron chi connectivity index (χ3n) is 2.31. The minimum atomic E-state index is -1.28. The Balaban J connectivity index is 1.74. The molecule has 0 radical (unpaired) electrons. The zero-order valence-electron chi connectivity index (χ0n) is 10.4. The van der Waals surface area contributed by atoms with E-state index in [1.54, 1.807) is 24.3 Å². The second-order valence-electron chi connectivity index (χ2n) is 4.02. The van der Waals surface area contributed by atoms with Crippen molar-refractivity contribution in [1.29, 1.82) is 0 Å². The number of nitrogens with zero attached hydrogens (tertiary/aromatic N) is 1. The van der Waals surface area contributed by atoms with Crippen LogP contribution in [0, 0.1) is 6.92 Å². The zero-order chi connectivity index (χ0) is 13.7. The molecule has 0 aliphatic heterocycles. The maximum atomic E-state index is 11.8. The molecule has 102 valence electrons. The Hall–Kier alpha value is -1.47. The molecule has 0 aromatic carbocycles. The van der Waals surface area contributed by atoms with Gasteiger partial charge in [-0.05, 0) is 18.4 Å². The van der Waals surface area contributed by atoms with Crippen LogP contribution in [-0.4, -0.2) is 21.0 Å². The maximum Gasteiger partial charge on any atom is 0.232 e. The third-order valence-corrected chi connectivity index (χ3v) is 4.38. The number of hydrogen-bond acceptors (Lipinski definition) is 5. The van der Waals surface area contributed by atoms with E-state index in [1.807, 2.05) is 17.5 Å². The molecule has 0 saturated heterocycles. The number of rotatable bonds is 6. The Kier molecular flexibility index (Phi) is 4.86. The highest BCUT2D eigenvalue weighted by atomic mass is 32.2. The fraction of sp³-hybridized carbons (Fsp3) is 0.333. The van der Waals surface area contributed by atoms with Gasteiger partial charge in [-0.3, -0.25) is 9.00 Å². The molecule has 19 heavy (non-hydrogen) atoms. The predicted molar refractivity (Wildman–Crippen MR) is 74.1 cm³/mol. The zero-order valence-corrected chi connectivity index (χ0v) is 12.1. The summed E-state index contributed by atoms with van der Waals surface area (Å²) in [4.78, 5) is 12.7. The van der Waals surface area contributed by atoms with Gasteiger partial charge in [-0.1, -0.05) is 11.2 Å². The van der Waals surface area contributed by atoms with E-state index in [4.69, 9.17) is 4.52 Å². The van der Waals surface area contributed by atoms with Crippen LogP contribution in [-0.2, 0) is 27.9 Å². The highest BCUT2D eigenvalue weighted by Gasteiger charge is 2.11. The van der Waals surface area contributed by atoms with Crippen LogP contribution in [0.2, 0.25) is 0 Å². The summed E-state index contributed by atoms with van der Waals surface area (Å²) in [6, 6.07) is 5.59. The Morgan fingerprint density at radius 1 is 1.58 bits per heavy atom. The molecule has 0 bridgehead atoms. The minimum absolute atomic E-state index is 0.0227. The number of carbonyl (C=O) groups excluding carboxylic acids is 1. The van der Waals surface area contributed by atoms with E-state index < -0.39 is 10.8 Å². The first-order valence-electron chi connectivity index (χ1n) is 5.70. The second-order valence-corrected chi connectivity index (χ2v) is 6.51. The van der Waals surface area contributed by atoms with Crippen molar-refractivity contribution < 1.29 is 13.5 Å². The Labute approximate surface area is 117 Å². The molecule has 2 aromatic rings. The molecule has 0 aliphatic rings.